The lowest BCUT2D eigenvalue weighted by atomic mass is 10.1. The van der Waals surface area contributed by atoms with Gasteiger partial charge in [-0.2, -0.15) is 0 Å². The van der Waals surface area contributed by atoms with Gasteiger partial charge in [-0.25, -0.2) is 4.98 Å². The Labute approximate surface area is 148 Å². The van der Waals surface area contributed by atoms with E-state index in [4.69, 9.17) is 0 Å². The van der Waals surface area contributed by atoms with E-state index < -0.39 is 0 Å². The number of aromatic nitrogens is 4. The van der Waals surface area contributed by atoms with Gasteiger partial charge in [-0.1, -0.05) is 47.7 Å². The highest BCUT2D eigenvalue weighted by Gasteiger charge is 2.12. The molecule has 6 heteroatoms. The third kappa shape index (κ3) is 2.95. The van der Waals surface area contributed by atoms with Crippen molar-refractivity contribution >= 4 is 33.3 Å². The predicted molar refractivity (Wildman–Crippen MR) is 100 cm³/mol. The summed E-state index contributed by atoms with van der Waals surface area (Å²) in [5.41, 5.74) is 3.38. The number of hydrogen-bond acceptors (Lipinski definition) is 5. The molecule has 4 aromatic rings. The number of para-hydroxylation sites is 1. The van der Waals surface area contributed by atoms with Gasteiger partial charge in [-0.15, -0.1) is 21.5 Å². The summed E-state index contributed by atoms with van der Waals surface area (Å²) < 4.78 is 3.28. The molecule has 0 aliphatic carbocycles. The lowest BCUT2D eigenvalue weighted by Gasteiger charge is -2.04. The van der Waals surface area contributed by atoms with Crippen molar-refractivity contribution < 1.29 is 0 Å². The molecule has 0 fully saturated rings. The Morgan fingerprint density at radius 2 is 1.96 bits per heavy atom. The van der Waals surface area contributed by atoms with Gasteiger partial charge >= 0.3 is 0 Å². The Hall–Kier alpha value is -2.18. The number of benzene rings is 2. The highest BCUT2D eigenvalue weighted by atomic mass is 32.2. The molecule has 0 aliphatic heterocycles. The maximum atomic E-state index is 4.67. The van der Waals surface area contributed by atoms with E-state index in [9.17, 15) is 0 Å². The van der Waals surface area contributed by atoms with Gasteiger partial charge in [0, 0.05) is 12.6 Å². The van der Waals surface area contributed by atoms with E-state index in [0.29, 0.717) is 0 Å². The summed E-state index contributed by atoms with van der Waals surface area (Å²) in [6.07, 6.45) is 0. The molecule has 2 aromatic heterocycles. The summed E-state index contributed by atoms with van der Waals surface area (Å²) in [6, 6.07) is 16.6. The average molecular weight is 352 g/mol. The Balaban J connectivity index is 1.55. The van der Waals surface area contributed by atoms with Crippen molar-refractivity contribution in [3.63, 3.8) is 0 Å². The van der Waals surface area contributed by atoms with Crippen LogP contribution in [0.1, 0.15) is 10.6 Å². The summed E-state index contributed by atoms with van der Waals surface area (Å²) in [4.78, 5) is 4.67. The molecule has 2 heterocycles. The number of aryl methyl sites for hydroxylation is 1. The number of hydrogen-bond donors (Lipinski definition) is 0. The topological polar surface area (TPSA) is 43.6 Å². The highest BCUT2D eigenvalue weighted by Crippen LogP contribution is 2.29. The third-order valence-electron chi connectivity index (χ3n) is 3.77. The SMILES string of the molecule is Cc1cccc(-c2nnc(SCc3nc4ccccc4s3)n2C)c1. The van der Waals surface area contributed by atoms with Crippen molar-refractivity contribution in [1.82, 2.24) is 19.7 Å². The first kappa shape index (κ1) is 15.4. The van der Waals surface area contributed by atoms with Crippen LogP contribution in [0.25, 0.3) is 21.6 Å². The summed E-state index contributed by atoms with van der Waals surface area (Å²) in [5.74, 6) is 1.70. The normalized spacial score (nSPS) is 11.2. The van der Waals surface area contributed by atoms with E-state index in [1.54, 1.807) is 23.1 Å². The fourth-order valence-corrected chi connectivity index (χ4v) is 4.46. The van der Waals surface area contributed by atoms with E-state index in [1.807, 2.05) is 29.8 Å². The average Bonchev–Trinajstić information content (AvgIpc) is 3.16. The number of fused-ring (bicyclic) bond motifs is 1. The number of rotatable bonds is 4. The minimum absolute atomic E-state index is 0.805. The molecule has 2 aromatic carbocycles. The van der Waals surface area contributed by atoms with E-state index in [0.717, 1.165) is 32.8 Å². The number of thiazole rings is 1. The van der Waals surface area contributed by atoms with Crippen LogP contribution < -0.4 is 0 Å². The van der Waals surface area contributed by atoms with Crippen molar-refractivity contribution in [3.8, 4) is 11.4 Å². The molecule has 0 spiro atoms. The van der Waals surface area contributed by atoms with Crippen molar-refractivity contribution in [2.24, 2.45) is 7.05 Å². The molecule has 24 heavy (non-hydrogen) atoms. The Morgan fingerprint density at radius 3 is 2.79 bits per heavy atom. The molecule has 0 atom stereocenters. The maximum absolute atomic E-state index is 4.67. The molecule has 0 saturated carbocycles. The van der Waals surface area contributed by atoms with Crippen molar-refractivity contribution in [2.75, 3.05) is 0 Å². The van der Waals surface area contributed by atoms with E-state index in [2.05, 4.69) is 52.4 Å². The van der Waals surface area contributed by atoms with Gasteiger partial charge in [0.05, 0.1) is 16.0 Å². The molecule has 0 amide bonds. The Morgan fingerprint density at radius 1 is 1.08 bits per heavy atom. The predicted octanol–water partition coefficient (Wildman–Crippen LogP) is 4.69. The van der Waals surface area contributed by atoms with Crippen LogP contribution in [0.2, 0.25) is 0 Å². The van der Waals surface area contributed by atoms with Crippen LogP contribution in [0.15, 0.2) is 53.7 Å². The van der Waals surface area contributed by atoms with Crippen LogP contribution in [0, 0.1) is 6.92 Å². The van der Waals surface area contributed by atoms with Crippen LogP contribution >= 0.6 is 23.1 Å². The monoisotopic (exact) mass is 352 g/mol. The van der Waals surface area contributed by atoms with E-state index in [-0.39, 0.29) is 0 Å². The molecule has 4 rings (SSSR count). The third-order valence-corrected chi connectivity index (χ3v) is 6.02. The fraction of sp³-hybridized carbons (Fsp3) is 0.167. The number of thioether (sulfide) groups is 1. The van der Waals surface area contributed by atoms with E-state index >= 15 is 0 Å². The second-order valence-corrected chi connectivity index (χ2v) is 7.66. The maximum Gasteiger partial charge on any atom is 0.191 e. The Bertz CT molecular complexity index is 970. The lowest BCUT2D eigenvalue weighted by Crippen LogP contribution is -1.95. The summed E-state index contributed by atoms with van der Waals surface area (Å²) in [6.45, 7) is 2.09. The zero-order chi connectivity index (χ0) is 16.5. The summed E-state index contributed by atoms with van der Waals surface area (Å²) in [5, 5.41) is 10.7. The van der Waals surface area contributed by atoms with Gasteiger partial charge in [0.15, 0.2) is 11.0 Å². The number of nitrogens with zero attached hydrogens (tertiary/aromatic N) is 4. The molecule has 0 aliphatic rings. The summed E-state index contributed by atoms with van der Waals surface area (Å²) >= 11 is 3.41. The second-order valence-electron chi connectivity index (χ2n) is 5.60. The molecule has 4 nitrogen and oxygen atoms in total. The Kier molecular flexibility index (Phi) is 4.08. The molecule has 0 bridgehead atoms. The molecular formula is C18H16N4S2. The first-order chi connectivity index (χ1) is 11.7. The fourth-order valence-electron chi connectivity index (χ4n) is 2.58. The van der Waals surface area contributed by atoms with Crippen molar-refractivity contribution in [3.05, 3.63) is 59.1 Å². The zero-order valence-corrected chi connectivity index (χ0v) is 15.1. The van der Waals surface area contributed by atoms with Crippen LogP contribution in [-0.2, 0) is 12.8 Å². The minimum atomic E-state index is 0.805. The molecule has 0 N–H and O–H groups in total. The molecular weight excluding hydrogens is 336 g/mol. The summed E-state index contributed by atoms with van der Waals surface area (Å²) in [7, 11) is 2.01. The first-order valence-electron chi connectivity index (χ1n) is 7.64. The lowest BCUT2D eigenvalue weighted by molar-refractivity contribution is 0.793. The minimum Gasteiger partial charge on any atom is -0.305 e. The smallest absolute Gasteiger partial charge is 0.191 e. The second kappa shape index (κ2) is 6.37. The van der Waals surface area contributed by atoms with E-state index in [1.165, 1.54) is 10.3 Å². The molecule has 120 valence electrons. The molecule has 0 unspecified atom stereocenters. The van der Waals surface area contributed by atoms with Crippen LogP contribution in [-0.4, -0.2) is 19.7 Å². The van der Waals surface area contributed by atoms with Gasteiger partial charge in [-0.3, -0.25) is 0 Å². The van der Waals surface area contributed by atoms with Crippen LogP contribution in [0.4, 0.5) is 0 Å². The highest BCUT2D eigenvalue weighted by molar-refractivity contribution is 7.98. The van der Waals surface area contributed by atoms with Crippen LogP contribution in [0.3, 0.4) is 0 Å². The van der Waals surface area contributed by atoms with Crippen LogP contribution in [0.5, 0.6) is 0 Å². The largest absolute Gasteiger partial charge is 0.305 e. The van der Waals surface area contributed by atoms with Gasteiger partial charge in [0.1, 0.15) is 5.01 Å². The van der Waals surface area contributed by atoms with Crippen molar-refractivity contribution in [2.45, 2.75) is 17.8 Å². The molecule has 0 radical (unpaired) electrons. The standard InChI is InChI=1S/C18H16N4S2/c1-12-6-5-7-13(10-12)17-20-21-18(22(17)2)23-11-16-19-14-8-3-4-9-15(14)24-16/h3-10H,11H2,1-2H3. The van der Waals surface area contributed by atoms with Gasteiger partial charge in [0.2, 0.25) is 0 Å². The zero-order valence-electron chi connectivity index (χ0n) is 13.4. The van der Waals surface area contributed by atoms with Gasteiger partial charge in [-0.05, 0) is 25.1 Å². The molecule has 0 saturated heterocycles. The first-order valence-corrected chi connectivity index (χ1v) is 9.44. The van der Waals surface area contributed by atoms with Gasteiger partial charge in [0.25, 0.3) is 0 Å². The van der Waals surface area contributed by atoms with Crippen molar-refractivity contribution in [1.29, 1.82) is 0 Å². The van der Waals surface area contributed by atoms with Gasteiger partial charge < -0.3 is 4.57 Å². The quantitative estimate of drug-likeness (QED) is 0.500.